The topological polar surface area (TPSA) is 46.2 Å². The van der Waals surface area contributed by atoms with Gasteiger partial charge in [0.25, 0.3) is 0 Å². The van der Waals surface area contributed by atoms with Gasteiger partial charge in [-0.25, -0.2) is 4.39 Å². The Hall–Kier alpha value is -1.66. The molecule has 1 aromatic heterocycles. The summed E-state index contributed by atoms with van der Waals surface area (Å²) in [6.45, 7) is 0.584. The van der Waals surface area contributed by atoms with Gasteiger partial charge in [-0.15, -0.1) is 23.1 Å². The molecule has 0 radical (unpaired) electrons. The first-order valence-electron chi connectivity index (χ1n) is 7.37. The van der Waals surface area contributed by atoms with Gasteiger partial charge in [0.2, 0.25) is 5.91 Å². The summed E-state index contributed by atoms with van der Waals surface area (Å²) in [6.07, 6.45) is 1.30. The van der Waals surface area contributed by atoms with Gasteiger partial charge >= 0.3 is 0 Å². The largest absolute Gasteiger partial charge is 0.356 e. The Morgan fingerprint density at radius 3 is 2.61 bits per heavy atom. The molecule has 1 N–H and O–H groups in total. The third-order valence-corrected chi connectivity index (χ3v) is 5.11. The van der Waals surface area contributed by atoms with E-state index < -0.39 is 0 Å². The molecule has 23 heavy (non-hydrogen) atoms. The van der Waals surface area contributed by atoms with Crippen molar-refractivity contribution in [3.05, 3.63) is 52.5 Å². The van der Waals surface area contributed by atoms with Crippen molar-refractivity contribution in [2.45, 2.75) is 24.2 Å². The fraction of sp³-hybridized carbons (Fsp3) is 0.294. The Labute approximate surface area is 143 Å². The summed E-state index contributed by atoms with van der Waals surface area (Å²) in [5, 5.41) is 4.67. The molecule has 0 fully saturated rings. The number of rotatable bonds is 9. The number of Topliss-reactive ketones (excluding diaryl/α,β-unsaturated/α-hetero) is 1. The first kappa shape index (κ1) is 17.7. The first-order chi connectivity index (χ1) is 11.1. The van der Waals surface area contributed by atoms with E-state index >= 15 is 0 Å². The van der Waals surface area contributed by atoms with E-state index in [9.17, 15) is 14.0 Å². The van der Waals surface area contributed by atoms with Gasteiger partial charge in [-0.1, -0.05) is 6.07 Å². The van der Waals surface area contributed by atoms with Crippen LogP contribution < -0.4 is 5.32 Å². The van der Waals surface area contributed by atoms with Crippen LogP contribution in [-0.2, 0) is 4.79 Å². The molecule has 2 aromatic rings. The van der Waals surface area contributed by atoms with E-state index in [4.69, 9.17) is 0 Å². The van der Waals surface area contributed by atoms with Gasteiger partial charge in [-0.3, -0.25) is 9.59 Å². The molecular formula is C17H18FNO2S2. The van der Waals surface area contributed by atoms with Gasteiger partial charge < -0.3 is 5.32 Å². The second kappa shape index (κ2) is 9.47. The van der Waals surface area contributed by atoms with E-state index in [2.05, 4.69) is 5.32 Å². The number of nitrogens with one attached hydrogen (secondary N) is 1. The van der Waals surface area contributed by atoms with Gasteiger partial charge in [-0.05, 0) is 47.9 Å². The Morgan fingerprint density at radius 2 is 1.91 bits per heavy atom. The molecular weight excluding hydrogens is 333 g/mol. The summed E-state index contributed by atoms with van der Waals surface area (Å²) < 4.78 is 12.8. The molecule has 0 spiro atoms. The number of thioether (sulfide) groups is 1. The zero-order valence-corrected chi connectivity index (χ0v) is 14.2. The Bertz CT molecular complexity index is 627. The lowest BCUT2D eigenvalue weighted by molar-refractivity contribution is -0.121. The molecule has 0 aliphatic carbocycles. The Kier molecular flexibility index (Phi) is 7.29. The number of carbonyl (C=O) groups is 2. The van der Waals surface area contributed by atoms with E-state index in [0.29, 0.717) is 11.4 Å². The van der Waals surface area contributed by atoms with E-state index in [-0.39, 0.29) is 30.3 Å². The molecule has 1 aromatic carbocycles. The number of ketones is 1. The highest BCUT2D eigenvalue weighted by atomic mass is 32.2. The Morgan fingerprint density at radius 1 is 1.13 bits per heavy atom. The van der Waals surface area contributed by atoms with Crippen LogP contribution in [0.3, 0.4) is 0 Å². The van der Waals surface area contributed by atoms with Crippen molar-refractivity contribution in [2.75, 3.05) is 12.3 Å². The molecule has 0 bridgehead atoms. The maximum atomic E-state index is 12.8. The van der Waals surface area contributed by atoms with Gasteiger partial charge in [0.1, 0.15) is 5.82 Å². The van der Waals surface area contributed by atoms with Gasteiger partial charge in [0.15, 0.2) is 5.78 Å². The molecule has 2 rings (SSSR count). The third-order valence-electron chi connectivity index (χ3n) is 3.10. The lowest BCUT2D eigenvalue weighted by Crippen LogP contribution is -2.25. The number of hydrogen-bond donors (Lipinski definition) is 1. The van der Waals surface area contributed by atoms with Gasteiger partial charge in [-0.2, -0.15) is 0 Å². The smallest absolute Gasteiger partial charge is 0.220 e. The number of amides is 1. The molecule has 0 saturated carbocycles. The van der Waals surface area contributed by atoms with Crippen LogP contribution in [0.1, 0.15) is 28.9 Å². The maximum Gasteiger partial charge on any atom is 0.220 e. The molecule has 3 nitrogen and oxygen atoms in total. The quantitative estimate of drug-likeness (QED) is 0.419. The summed E-state index contributed by atoms with van der Waals surface area (Å²) in [7, 11) is 0. The highest BCUT2D eigenvalue weighted by Crippen LogP contribution is 2.18. The maximum absolute atomic E-state index is 12.8. The van der Waals surface area contributed by atoms with Crippen LogP contribution in [0.5, 0.6) is 0 Å². The van der Waals surface area contributed by atoms with E-state index in [1.165, 1.54) is 23.5 Å². The molecule has 0 atom stereocenters. The van der Waals surface area contributed by atoms with Crippen LogP contribution in [0.25, 0.3) is 0 Å². The van der Waals surface area contributed by atoms with Crippen LogP contribution in [0.4, 0.5) is 4.39 Å². The van der Waals surface area contributed by atoms with Gasteiger partial charge in [0.05, 0.1) is 4.88 Å². The van der Waals surface area contributed by atoms with Crippen molar-refractivity contribution in [3.63, 3.8) is 0 Å². The molecule has 0 saturated heterocycles. The van der Waals surface area contributed by atoms with Crippen LogP contribution in [-0.4, -0.2) is 24.0 Å². The molecule has 6 heteroatoms. The van der Waals surface area contributed by atoms with Crippen LogP contribution >= 0.6 is 23.1 Å². The predicted octanol–water partition coefficient (Wildman–Crippen LogP) is 4.15. The molecule has 0 unspecified atom stereocenters. The standard InChI is InChI=1S/C17H18FNO2S2/c18-13-4-6-14(7-5-13)22-12-2-10-19-17(21)9-8-15(20)16-3-1-11-23-16/h1,3-7,11H,2,8-10,12H2,(H,19,21). The fourth-order valence-corrected chi connectivity index (χ4v) is 3.44. The van der Waals surface area contributed by atoms with E-state index in [0.717, 1.165) is 17.1 Å². The van der Waals surface area contributed by atoms with Crippen LogP contribution in [0, 0.1) is 5.82 Å². The van der Waals surface area contributed by atoms with E-state index in [1.54, 1.807) is 30.0 Å². The van der Waals surface area contributed by atoms with Crippen molar-refractivity contribution in [3.8, 4) is 0 Å². The predicted molar refractivity (Wildman–Crippen MR) is 92.6 cm³/mol. The summed E-state index contributed by atoms with van der Waals surface area (Å²) in [4.78, 5) is 25.2. The highest BCUT2D eigenvalue weighted by Gasteiger charge is 2.09. The monoisotopic (exact) mass is 351 g/mol. The van der Waals surface area contributed by atoms with Crippen molar-refractivity contribution in [2.24, 2.45) is 0 Å². The number of halogens is 1. The second-order valence-corrected chi connectivity index (χ2v) is 7.02. The Balaban J connectivity index is 1.54. The van der Waals surface area contributed by atoms with Crippen molar-refractivity contribution >= 4 is 34.8 Å². The molecule has 122 valence electrons. The molecule has 1 amide bonds. The van der Waals surface area contributed by atoms with Crippen molar-refractivity contribution < 1.29 is 14.0 Å². The molecule has 1 heterocycles. The average molecular weight is 351 g/mol. The lowest BCUT2D eigenvalue weighted by Gasteiger charge is -2.05. The average Bonchev–Trinajstić information content (AvgIpc) is 3.08. The summed E-state index contributed by atoms with van der Waals surface area (Å²) >= 11 is 3.03. The lowest BCUT2D eigenvalue weighted by atomic mass is 10.2. The number of benzene rings is 1. The van der Waals surface area contributed by atoms with Crippen LogP contribution in [0.2, 0.25) is 0 Å². The normalized spacial score (nSPS) is 10.5. The minimum atomic E-state index is -0.237. The second-order valence-electron chi connectivity index (χ2n) is 4.91. The minimum absolute atomic E-state index is 0.0158. The van der Waals surface area contributed by atoms with Crippen molar-refractivity contribution in [1.29, 1.82) is 0 Å². The van der Waals surface area contributed by atoms with Gasteiger partial charge in [0, 0.05) is 24.3 Å². The molecule has 0 aliphatic heterocycles. The highest BCUT2D eigenvalue weighted by molar-refractivity contribution is 7.99. The SMILES string of the molecule is O=C(CCC(=O)c1cccs1)NCCCSc1ccc(F)cc1. The van der Waals surface area contributed by atoms with E-state index in [1.807, 2.05) is 11.4 Å². The number of hydrogen-bond acceptors (Lipinski definition) is 4. The third kappa shape index (κ3) is 6.54. The zero-order chi connectivity index (χ0) is 16.5. The summed E-state index contributed by atoms with van der Waals surface area (Å²) in [6, 6.07) is 9.97. The van der Waals surface area contributed by atoms with Crippen molar-refractivity contribution in [1.82, 2.24) is 5.32 Å². The minimum Gasteiger partial charge on any atom is -0.356 e. The van der Waals surface area contributed by atoms with Crippen LogP contribution in [0.15, 0.2) is 46.7 Å². The fourth-order valence-electron chi connectivity index (χ4n) is 1.90. The molecule has 0 aliphatic rings. The summed E-state index contributed by atoms with van der Waals surface area (Å²) in [5.74, 6) is 0.530. The first-order valence-corrected chi connectivity index (χ1v) is 9.23. The number of carbonyl (C=O) groups excluding carboxylic acids is 2. The number of thiophene rings is 1. The summed E-state index contributed by atoms with van der Waals surface area (Å²) in [5.41, 5.74) is 0. The zero-order valence-electron chi connectivity index (χ0n) is 12.6.